The average molecular weight is 343 g/mol. The number of benzene rings is 2. The summed E-state index contributed by atoms with van der Waals surface area (Å²) >= 11 is 1.03. The molecule has 0 aliphatic rings. The highest BCUT2D eigenvalue weighted by molar-refractivity contribution is 8.00. The lowest BCUT2D eigenvalue weighted by atomic mass is 10.1. The standard InChI is InChI=1S/C18H14FNO3S/c1-11(17(21)22)24-18-20-15(12-5-3-2-4-6-12)16(23-18)13-7-9-14(19)10-8-13/h2-11H,1H3,(H,21,22). The van der Waals surface area contributed by atoms with Crippen LogP contribution in [-0.2, 0) is 4.79 Å². The van der Waals surface area contributed by atoms with Gasteiger partial charge in [-0.2, -0.15) is 0 Å². The number of aliphatic carboxylic acids is 1. The molecular weight excluding hydrogens is 329 g/mol. The van der Waals surface area contributed by atoms with E-state index in [2.05, 4.69) is 4.98 Å². The summed E-state index contributed by atoms with van der Waals surface area (Å²) in [4.78, 5) is 15.5. The summed E-state index contributed by atoms with van der Waals surface area (Å²) in [6.45, 7) is 1.57. The number of thioether (sulfide) groups is 1. The highest BCUT2D eigenvalue weighted by atomic mass is 32.2. The van der Waals surface area contributed by atoms with E-state index in [0.29, 0.717) is 17.0 Å². The predicted octanol–water partition coefficient (Wildman–Crippen LogP) is 4.71. The van der Waals surface area contributed by atoms with Crippen LogP contribution in [0, 0.1) is 5.82 Å². The summed E-state index contributed by atoms with van der Waals surface area (Å²) < 4.78 is 19.0. The van der Waals surface area contributed by atoms with Crippen molar-refractivity contribution in [2.75, 3.05) is 0 Å². The fraction of sp³-hybridized carbons (Fsp3) is 0.111. The van der Waals surface area contributed by atoms with Gasteiger partial charge in [-0.15, -0.1) is 0 Å². The Morgan fingerprint density at radius 3 is 2.42 bits per heavy atom. The Hall–Kier alpha value is -2.60. The van der Waals surface area contributed by atoms with E-state index in [1.54, 1.807) is 19.1 Å². The molecule has 3 aromatic rings. The number of oxazole rings is 1. The van der Waals surface area contributed by atoms with Crippen LogP contribution in [0.25, 0.3) is 22.6 Å². The average Bonchev–Trinajstić information content (AvgIpc) is 3.00. The largest absolute Gasteiger partial charge is 0.480 e. The van der Waals surface area contributed by atoms with Gasteiger partial charge >= 0.3 is 5.97 Å². The smallest absolute Gasteiger partial charge is 0.316 e. The maximum Gasteiger partial charge on any atom is 0.316 e. The van der Waals surface area contributed by atoms with Gasteiger partial charge in [-0.25, -0.2) is 9.37 Å². The lowest BCUT2D eigenvalue weighted by molar-refractivity contribution is -0.136. The topological polar surface area (TPSA) is 63.3 Å². The summed E-state index contributed by atoms with van der Waals surface area (Å²) in [7, 11) is 0. The van der Waals surface area contributed by atoms with Crippen molar-refractivity contribution in [1.82, 2.24) is 4.98 Å². The molecule has 1 unspecified atom stereocenters. The Morgan fingerprint density at radius 1 is 1.12 bits per heavy atom. The van der Waals surface area contributed by atoms with Gasteiger partial charge in [0.2, 0.25) is 0 Å². The van der Waals surface area contributed by atoms with E-state index < -0.39 is 11.2 Å². The van der Waals surface area contributed by atoms with Crippen LogP contribution in [-0.4, -0.2) is 21.3 Å². The normalized spacial score (nSPS) is 12.1. The maximum atomic E-state index is 13.2. The van der Waals surface area contributed by atoms with E-state index in [9.17, 15) is 9.18 Å². The molecule has 0 saturated heterocycles. The number of carboxylic acid groups (broad SMARTS) is 1. The number of carboxylic acids is 1. The van der Waals surface area contributed by atoms with Crippen LogP contribution >= 0.6 is 11.8 Å². The minimum Gasteiger partial charge on any atom is -0.480 e. The fourth-order valence-electron chi connectivity index (χ4n) is 2.14. The Labute approximate surface area is 142 Å². The number of hydrogen-bond donors (Lipinski definition) is 1. The molecule has 1 aromatic heterocycles. The molecule has 6 heteroatoms. The summed E-state index contributed by atoms with van der Waals surface area (Å²) in [6.07, 6.45) is 0. The first-order valence-corrected chi connectivity index (χ1v) is 8.14. The van der Waals surface area contributed by atoms with E-state index >= 15 is 0 Å². The van der Waals surface area contributed by atoms with Crippen LogP contribution in [0.1, 0.15) is 6.92 Å². The number of hydrogen-bond acceptors (Lipinski definition) is 4. The van der Waals surface area contributed by atoms with Crippen LogP contribution in [0.3, 0.4) is 0 Å². The Bertz CT molecular complexity index is 846. The van der Waals surface area contributed by atoms with Gasteiger partial charge in [0.15, 0.2) is 5.76 Å². The third-order valence-electron chi connectivity index (χ3n) is 3.39. The summed E-state index contributed by atoms with van der Waals surface area (Å²) in [5, 5.41) is 8.63. The molecule has 3 rings (SSSR count). The van der Waals surface area contributed by atoms with Crippen molar-refractivity contribution in [1.29, 1.82) is 0 Å². The molecular formula is C18H14FNO3S. The van der Waals surface area contributed by atoms with Gasteiger partial charge in [-0.05, 0) is 31.2 Å². The highest BCUT2D eigenvalue weighted by Crippen LogP contribution is 2.36. The molecule has 0 bridgehead atoms. The van der Waals surface area contributed by atoms with Crippen molar-refractivity contribution in [3.63, 3.8) is 0 Å². The SMILES string of the molecule is CC(Sc1nc(-c2ccccc2)c(-c2ccc(F)cc2)o1)C(=O)O. The van der Waals surface area contributed by atoms with Gasteiger partial charge < -0.3 is 9.52 Å². The van der Waals surface area contributed by atoms with Crippen molar-refractivity contribution < 1.29 is 18.7 Å². The highest BCUT2D eigenvalue weighted by Gasteiger charge is 2.21. The lowest BCUT2D eigenvalue weighted by Crippen LogP contribution is -2.10. The quantitative estimate of drug-likeness (QED) is 0.680. The lowest BCUT2D eigenvalue weighted by Gasteiger charge is -2.01. The fourth-order valence-corrected chi connectivity index (χ4v) is 2.82. The molecule has 1 heterocycles. The molecule has 0 fully saturated rings. The molecule has 0 spiro atoms. The monoisotopic (exact) mass is 343 g/mol. The summed E-state index contributed by atoms with van der Waals surface area (Å²) in [6, 6.07) is 15.3. The van der Waals surface area contributed by atoms with E-state index in [0.717, 1.165) is 17.3 Å². The van der Waals surface area contributed by atoms with Crippen molar-refractivity contribution >= 4 is 17.7 Å². The van der Waals surface area contributed by atoms with E-state index in [1.165, 1.54) is 12.1 Å². The van der Waals surface area contributed by atoms with Crippen molar-refractivity contribution in [2.45, 2.75) is 17.4 Å². The van der Waals surface area contributed by atoms with Gasteiger partial charge in [0.1, 0.15) is 16.8 Å². The molecule has 0 saturated carbocycles. The number of aromatic nitrogens is 1. The first kappa shape index (κ1) is 16.3. The van der Waals surface area contributed by atoms with Gasteiger partial charge in [0.05, 0.1) is 0 Å². The molecule has 4 nitrogen and oxygen atoms in total. The number of halogens is 1. The maximum absolute atomic E-state index is 13.2. The molecule has 0 aliphatic carbocycles. The van der Waals surface area contributed by atoms with E-state index in [4.69, 9.17) is 9.52 Å². The molecule has 0 amide bonds. The zero-order valence-electron chi connectivity index (χ0n) is 12.8. The number of nitrogens with zero attached hydrogens (tertiary/aromatic N) is 1. The third kappa shape index (κ3) is 3.49. The summed E-state index contributed by atoms with van der Waals surface area (Å²) in [5.74, 6) is -0.794. The second-order valence-electron chi connectivity index (χ2n) is 5.13. The minimum absolute atomic E-state index is 0.267. The van der Waals surface area contributed by atoms with Crippen LogP contribution in [0.4, 0.5) is 4.39 Å². The van der Waals surface area contributed by atoms with Crippen LogP contribution in [0.2, 0.25) is 0 Å². The molecule has 2 aromatic carbocycles. The van der Waals surface area contributed by atoms with Gasteiger partial charge in [-0.1, -0.05) is 42.1 Å². The first-order valence-electron chi connectivity index (χ1n) is 7.26. The molecule has 1 atom stereocenters. The van der Waals surface area contributed by atoms with Crippen molar-refractivity contribution in [3.8, 4) is 22.6 Å². The van der Waals surface area contributed by atoms with Crippen LogP contribution in [0.15, 0.2) is 64.2 Å². The third-order valence-corrected chi connectivity index (χ3v) is 4.32. The summed E-state index contributed by atoms with van der Waals surface area (Å²) in [5.41, 5.74) is 2.12. The molecule has 24 heavy (non-hydrogen) atoms. The van der Waals surface area contributed by atoms with Crippen molar-refractivity contribution in [3.05, 3.63) is 60.4 Å². The zero-order chi connectivity index (χ0) is 17.1. The Morgan fingerprint density at radius 2 is 1.79 bits per heavy atom. The van der Waals surface area contributed by atoms with Crippen molar-refractivity contribution in [2.24, 2.45) is 0 Å². The Balaban J connectivity index is 2.06. The zero-order valence-corrected chi connectivity index (χ0v) is 13.6. The molecule has 0 aliphatic heterocycles. The number of rotatable bonds is 5. The second kappa shape index (κ2) is 6.88. The minimum atomic E-state index is -0.942. The van der Waals surface area contributed by atoms with Crippen LogP contribution < -0.4 is 0 Å². The van der Waals surface area contributed by atoms with Crippen LogP contribution in [0.5, 0.6) is 0 Å². The van der Waals surface area contributed by atoms with Gasteiger partial charge in [0.25, 0.3) is 5.22 Å². The van der Waals surface area contributed by atoms with Gasteiger partial charge in [-0.3, -0.25) is 4.79 Å². The second-order valence-corrected chi connectivity index (χ2v) is 6.42. The first-order chi connectivity index (χ1) is 11.5. The molecule has 0 radical (unpaired) electrons. The predicted molar refractivity (Wildman–Crippen MR) is 90.3 cm³/mol. The van der Waals surface area contributed by atoms with E-state index in [-0.39, 0.29) is 11.0 Å². The van der Waals surface area contributed by atoms with Gasteiger partial charge in [0, 0.05) is 11.1 Å². The van der Waals surface area contributed by atoms with E-state index in [1.807, 2.05) is 30.3 Å². The number of carbonyl (C=O) groups is 1. The molecule has 1 N–H and O–H groups in total. The Kier molecular flexibility index (Phi) is 4.66. The molecule has 122 valence electrons.